The van der Waals surface area contributed by atoms with Crippen LogP contribution in [-0.4, -0.2) is 110 Å². The minimum atomic E-state index is -1.15. The highest BCUT2D eigenvalue weighted by molar-refractivity contribution is 6.30. The van der Waals surface area contributed by atoms with Gasteiger partial charge in [-0.25, -0.2) is 54.1 Å². The van der Waals surface area contributed by atoms with Crippen molar-refractivity contribution in [3.8, 4) is 22.5 Å². The Labute approximate surface area is 558 Å². The third kappa shape index (κ3) is 19.0. The van der Waals surface area contributed by atoms with Gasteiger partial charge in [-0.3, -0.25) is 14.4 Å². The summed E-state index contributed by atoms with van der Waals surface area (Å²) in [6.45, 7) is 21.2. The monoisotopic (exact) mass is 1330 g/mol. The van der Waals surface area contributed by atoms with E-state index in [-0.39, 0.29) is 82.5 Å². The molecule has 7 aromatic heterocycles. The fourth-order valence-corrected chi connectivity index (χ4v) is 9.58. The topological polar surface area (TPSA) is 345 Å². The van der Waals surface area contributed by atoms with Crippen LogP contribution in [0, 0.1) is 69.2 Å². The smallest absolute Gasteiger partial charge is 0.357 e. The van der Waals surface area contributed by atoms with Gasteiger partial charge >= 0.3 is 23.9 Å². The van der Waals surface area contributed by atoms with Gasteiger partial charge < -0.3 is 45.9 Å². The van der Waals surface area contributed by atoms with Crippen LogP contribution in [0.25, 0.3) is 22.5 Å². The predicted molar refractivity (Wildman–Crippen MR) is 359 cm³/mol. The van der Waals surface area contributed by atoms with Gasteiger partial charge in [0.05, 0.1) is 54.9 Å². The second kappa shape index (κ2) is 33.7. The summed E-state index contributed by atoms with van der Waals surface area (Å²) in [5.74, 6) is -4.48. The molecule has 9 rings (SSSR count). The summed E-state index contributed by atoms with van der Waals surface area (Å²) in [5.41, 5.74) is 13.1. The molecule has 0 bridgehead atoms. The van der Waals surface area contributed by atoms with Gasteiger partial charge in [0.2, 0.25) is 0 Å². The van der Waals surface area contributed by atoms with E-state index in [0.717, 1.165) is 38.9 Å². The molecule has 0 aliphatic rings. The molecule has 7 heterocycles. The molecule has 0 radical (unpaired) electrons. The lowest BCUT2D eigenvalue weighted by atomic mass is 10.1. The van der Waals surface area contributed by atoms with Crippen molar-refractivity contribution in [2.45, 2.75) is 96.3 Å². The molecule has 0 atom stereocenters. The number of aliphatic hydroxyl groups excluding tert-OH is 2. The number of hydrogen-bond acceptors (Lipinski definition) is 18. The lowest BCUT2D eigenvalue weighted by molar-refractivity contribution is 0.0509. The number of ether oxygens (including phenoxy) is 2. The number of amides is 3. The highest BCUT2D eigenvalue weighted by Crippen LogP contribution is 2.29. The number of nitrogens with zero attached hydrogens (tertiary/aromatic N) is 7. The van der Waals surface area contributed by atoms with Crippen molar-refractivity contribution < 1.29 is 63.5 Å². The number of aromatic nitrogens is 7. The number of aromatic carboxylic acids is 2. The van der Waals surface area contributed by atoms with Crippen LogP contribution >= 0.6 is 23.2 Å². The van der Waals surface area contributed by atoms with Gasteiger partial charge in [-0.15, -0.1) is 0 Å². The van der Waals surface area contributed by atoms with E-state index in [0.29, 0.717) is 67.4 Å². The van der Waals surface area contributed by atoms with Crippen molar-refractivity contribution in [3.63, 3.8) is 0 Å². The SMILES string of the molecule is CCOC(=O)c1ncc(C)c(NC(=O)c2nc(-c3cccc(CO)c3)ccc2C)c1C.CCOC(=O)c1ncc(C)c(NC(=O)c2nc(Cl)ccc2C)c1C.Cc1ccc(-c2cccc(CO)c2)nc1C(=O)Nc1c(C)cnc(C(=O)O)c1C.Cc1ccc(Cl)nc1C(=O)O. The molecular formula is C70H70Cl2N10O13. The second-order valence-electron chi connectivity index (χ2n) is 21.3. The maximum absolute atomic E-state index is 13.1. The third-order valence-corrected chi connectivity index (χ3v) is 14.8. The molecule has 0 aliphatic heterocycles. The number of carbonyl (C=O) groups is 7. The summed E-state index contributed by atoms with van der Waals surface area (Å²) in [6.07, 6.45) is 4.47. The van der Waals surface area contributed by atoms with Gasteiger partial charge in [0, 0.05) is 46.4 Å². The van der Waals surface area contributed by atoms with Gasteiger partial charge in [0.1, 0.15) is 27.4 Å². The zero-order valence-electron chi connectivity index (χ0n) is 54.1. The Morgan fingerprint density at radius 1 is 0.400 bits per heavy atom. The predicted octanol–water partition coefficient (Wildman–Crippen LogP) is 12.7. The summed E-state index contributed by atoms with van der Waals surface area (Å²) in [7, 11) is 0. The molecule has 0 saturated heterocycles. The van der Waals surface area contributed by atoms with Crippen molar-refractivity contribution in [2.75, 3.05) is 29.2 Å². The number of carboxylic acids is 2. The summed E-state index contributed by atoms with van der Waals surface area (Å²) >= 11 is 11.4. The lowest BCUT2D eigenvalue weighted by Crippen LogP contribution is -2.19. The van der Waals surface area contributed by atoms with Crippen LogP contribution in [0.5, 0.6) is 0 Å². The van der Waals surface area contributed by atoms with Gasteiger partial charge in [-0.2, -0.15) is 0 Å². The highest BCUT2D eigenvalue weighted by Gasteiger charge is 2.24. The van der Waals surface area contributed by atoms with E-state index in [1.807, 2.05) is 74.5 Å². The molecule has 2 aromatic carbocycles. The number of esters is 2. The molecule has 0 spiro atoms. The number of pyridine rings is 7. The Balaban J connectivity index is 0.000000210. The molecule has 25 heteroatoms. The molecule has 0 unspecified atom stereocenters. The largest absolute Gasteiger partial charge is 0.477 e. The summed E-state index contributed by atoms with van der Waals surface area (Å²) in [5, 5.41) is 45.5. The van der Waals surface area contributed by atoms with Crippen molar-refractivity contribution in [3.05, 3.63) is 233 Å². The number of halogens is 2. The fraction of sp³-hybridized carbons (Fsp3) is 0.229. The molecule has 7 N–H and O–H groups in total. The molecule has 0 fully saturated rings. The normalized spacial score (nSPS) is 10.4. The number of aryl methyl sites for hydroxylation is 7. The number of carboxylic acid groups (broad SMARTS) is 2. The van der Waals surface area contributed by atoms with E-state index in [1.165, 1.54) is 18.6 Å². The number of anilines is 3. The number of nitrogens with one attached hydrogen (secondary N) is 3. The standard InChI is InChI=1S/C24H25N3O4.C22H21N3O4.C17H18ClN3O3.C7H6ClNO2/c1-5-31-24(30)22-16(4)20(15(3)12-25-22)27-23(29)21-14(2)9-10-19(26-21)18-8-6-7-17(11-18)13-28;1-12-7-8-17(16-6-4-5-15(9-16)11-26)24-19(12)21(27)25-18-13(2)10-23-20(14(18)3)22(28)29;1-5-24-17(23)15-11(4)13(10(3)8-19-15)21-16(22)14-9(2)6-7-12(18)20-14;1-4-2-3-5(8)9-6(4)7(10)11/h6-12,28H,5,13H2,1-4H3,(H,25,27,29);4-10,26H,11H2,1-3H3,(H,28,29)(H,23,25,27);6-8H,5H2,1-4H3,(H,19,21,22);2-3H,1H3,(H,10,11). The maximum atomic E-state index is 13.1. The molecule has 3 amide bonds. The van der Waals surface area contributed by atoms with Crippen LogP contribution in [0.3, 0.4) is 0 Å². The molecule has 95 heavy (non-hydrogen) atoms. The van der Waals surface area contributed by atoms with Crippen LogP contribution in [0.1, 0.15) is 154 Å². The Morgan fingerprint density at radius 2 is 0.716 bits per heavy atom. The fourth-order valence-electron chi connectivity index (χ4n) is 9.29. The molecular weight excluding hydrogens is 1260 g/mol. The number of hydrogen-bond donors (Lipinski definition) is 7. The first-order valence-corrected chi connectivity index (χ1v) is 30.1. The maximum Gasteiger partial charge on any atom is 0.357 e. The first-order chi connectivity index (χ1) is 45.1. The third-order valence-electron chi connectivity index (χ3n) is 14.4. The van der Waals surface area contributed by atoms with E-state index in [1.54, 1.807) is 106 Å². The van der Waals surface area contributed by atoms with Crippen molar-refractivity contribution in [2.24, 2.45) is 0 Å². The average molecular weight is 1330 g/mol. The van der Waals surface area contributed by atoms with Gasteiger partial charge in [0.25, 0.3) is 17.7 Å². The Kier molecular flexibility index (Phi) is 26.0. The highest BCUT2D eigenvalue weighted by atomic mass is 35.5. The van der Waals surface area contributed by atoms with Crippen molar-refractivity contribution >= 4 is 81.9 Å². The quantitative estimate of drug-likeness (QED) is 0.0349. The van der Waals surface area contributed by atoms with E-state index in [2.05, 4.69) is 50.8 Å². The number of aliphatic hydroxyl groups is 2. The van der Waals surface area contributed by atoms with Gasteiger partial charge in [-0.05, 0) is 170 Å². The van der Waals surface area contributed by atoms with Crippen LogP contribution in [-0.2, 0) is 22.7 Å². The van der Waals surface area contributed by atoms with Crippen molar-refractivity contribution in [1.29, 1.82) is 0 Å². The summed E-state index contributed by atoms with van der Waals surface area (Å²) < 4.78 is 10.0. The van der Waals surface area contributed by atoms with E-state index < -0.39 is 35.7 Å². The van der Waals surface area contributed by atoms with Gasteiger partial charge in [-0.1, -0.05) is 83.9 Å². The summed E-state index contributed by atoms with van der Waals surface area (Å²) in [4.78, 5) is 113. The van der Waals surface area contributed by atoms with Crippen LogP contribution in [0.15, 0.2) is 116 Å². The second-order valence-corrected chi connectivity index (χ2v) is 22.1. The zero-order valence-corrected chi connectivity index (χ0v) is 55.7. The van der Waals surface area contributed by atoms with E-state index >= 15 is 0 Å². The number of carbonyl (C=O) groups excluding carboxylic acids is 5. The van der Waals surface area contributed by atoms with E-state index in [9.17, 15) is 48.9 Å². The Bertz CT molecular complexity index is 4410. The lowest BCUT2D eigenvalue weighted by Gasteiger charge is -2.15. The minimum Gasteiger partial charge on any atom is -0.477 e. The molecule has 0 aliphatic carbocycles. The molecule has 0 saturated carbocycles. The minimum absolute atomic E-state index is 0.0116. The molecule has 23 nitrogen and oxygen atoms in total. The summed E-state index contributed by atoms with van der Waals surface area (Å²) in [6, 6.07) is 28.5. The Morgan fingerprint density at radius 3 is 1.05 bits per heavy atom. The average Bonchev–Trinajstić information content (AvgIpc) is 0.841. The first kappa shape index (κ1) is 73.3. The Hall–Kier alpha value is -10.7. The molecule has 9 aromatic rings. The first-order valence-electron chi connectivity index (χ1n) is 29.4. The molecule has 492 valence electrons. The van der Waals surface area contributed by atoms with E-state index in [4.69, 9.17) is 37.8 Å². The van der Waals surface area contributed by atoms with Crippen LogP contribution in [0.4, 0.5) is 17.1 Å². The zero-order chi connectivity index (χ0) is 70.0. The van der Waals surface area contributed by atoms with Crippen LogP contribution < -0.4 is 16.0 Å². The van der Waals surface area contributed by atoms with Crippen LogP contribution in [0.2, 0.25) is 10.3 Å². The van der Waals surface area contributed by atoms with Crippen molar-refractivity contribution in [1.82, 2.24) is 34.9 Å². The number of rotatable bonds is 16. The number of benzene rings is 2. The van der Waals surface area contributed by atoms with Gasteiger partial charge in [0.15, 0.2) is 22.8 Å².